The lowest BCUT2D eigenvalue weighted by Crippen LogP contribution is -2.49. The average Bonchev–Trinajstić information content (AvgIpc) is 3.37. The highest BCUT2D eigenvalue weighted by Gasteiger charge is 2.36. The summed E-state index contributed by atoms with van der Waals surface area (Å²) in [5, 5.41) is 8.47. The second-order valence-corrected chi connectivity index (χ2v) is 8.79. The summed E-state index contributed by atoms with van der Waals surface area (Å²) >= 11 is 1.10. The summed E-state index contributed by atoms with van der Waals surface area (Å²) < 4.78 is 9.36. The SMILES string of the molecule is Cc1cccc(CCN(C(=O)c2csnn2)C(C(=O)NC(C)(C)C)c2ccco2)c1. The fraction of sp³-hybridized carbons (Fsp3) is 0.364. The quantitative estimate of drug-likeness (QED) is 0.621. The Bertz CT molecular complexity index is 978. The van der Waals surface area contributed by atoms with E-state index >= 15 is 0 Å². The normalized spacial score (nSPS) is 12.4. The Kier molecular flexibility index (Phi) is 6.66. The molecule has 0 saturated heterocycles. The van der Waals surface area contributed by atoms with Gasteiger partial charge < -0.3 is 14.6 Å². The van der Waals surface area contributed by atoms with Crippen LogP contribution in [-0.4, -0.2) is 38.4 Å². The topological polar surface area (TPSA) is 88.3 Å². The van der Waals surface area contributed by atoms with Gasteiger partial charge in [0.25, 0.3) is 11.8 Å². The van der Waals surface area contributed by atoms with Crippen LogP contribution >= 0.6 is 11.5 Å². The zero-order valence-corrected chi connectivity index (χ0v) is 18.4. The van der Waals surface area contributed by atoms with Crippen LogP contribution in [0.3, 0.4) is 0 Å². The largest absolute Gasteiger partial charge is 0.467 e. The van der Waals surface area contributed by atoms with Crippen LogP contribution in [0.15, 0.2) is 52.5 Å². The molecule has 0 radical (unpaired) electrons. The Balaban J connectivity index is 1.95. The maximum Gasteiger partial charge on any atom is 0.276 e. The molecule has 1 aromatic carbocycles. The van der Waals surface area contributed by atoms with Gasteiger partial charge in [0.05, 0.1) is 6.26 Å². The molecule has 0 bridgehead atoms. The van der Waals surface area contributed by atoms with Gasteiger partial charge in [-0.1, -0.05) is 34.3 Å². The molecule has 7 nitrogen and oxygen atoms in total. The molecule has 3 aromatic rings. The van der Waals surface area contributed by atoms with Gasteiger partial charge in [-0.2, -0.15) is 0 Å². The molecule has 158 valence electrons. The van der Waals surface area contributed by atoms with E-state index in [0.717, 1.165) is 22.7 Å². The molecule has 1 atom stereocenters. The van der Waals surface area contributed by atoms with Crippen LogP contribution < -0.4 is 5.32 Å². The van der Waals surface area contributed by atoms with Gasteiger partial charge in [0.15, 0.2) is 11.7 Å². The molecule has 0 spiro atoms. The van der Waals surface area contributed by atoms with E-state index in [2.05, 4.69) is 21.0 Å². The number of amides is 2. The summed E-state index contributed by atoms with van der Waals surface area (Å²) in [6, 6.07) is 10.6. The zero-order chi connectivity index (χ0) is 21.7. The highest BCUT2D eigenvalue weighted by molar-refractivity contribution is 7.03. The van der Waals surface area contributed by atoms with Crippen molar-refractivity contribution < 1.29 is 14.0 Å². The van der Waals surface area contributed by atoms with Crippen molar-refractivity contribution in [3.63, 3.8) is 0 Å². The Morgan fingerprint density at radius 2 is 2.03 bits per heavy atom. The summed E-state index contributed by atoms with van der Waals surface area (Å²) in [6.45, 7) is 8.03. The molecule has 0 aliphatic heterocycles. The van der Waals surface area contributed by atoms with E-state index in [1.807, 2.05) is 45.9 Å². The molecule has 8 heteroatoms. The Morgan fingerprint density at radius 3 is 2.63 bits per heavy atom. The predicted molar refractivity (Wildman–Crippen MR) is 115 cm³/mol. The van der Waals surface area contributed by atoms with E-state index < -0.39 is 11.6 Å². The van der Waals surface area contributed by atoms with Gasteiger partial charge in [0.1, 0.15) is 5.76 Å². The maximum absolute atomic E-state index is 13.3. The number of carbonyl (C=O) groups is 2. The minimum atomic E-state index is -0.918. The Morgan fingerprint density at radius 1 is 1.23 bits per heavy atom. The van der Waals surface area contributed by atoms with Crippen LogP contribution in [-0.2, 0) is 11.2 Å². The van der Waals surface area contributed by atoms with Crippen LogP contribution in [0.5, 0.6) is 0 Å². The van der Waals surface area contributed by atoms with Gasteiger partial charge in [-0.3, -0.25) is 9.59 Å². The number of carbonyl (C=O) groups excluding carboxylic acids is 2. The van der Waals surface area contributed by atoms with Crippen LogP contribution in [0.4, 0.5) is 0 Å². The molecular weight excluding hydrogens is 400 g/mol. The standard InChI is InChI=1S/C22H26N4O3S/c1-15-7-5-8-16(13-15)10-11-26(21(28)17-14-30-25-24-17)19(18-9-6-12-29-18)20(27)23-22(2,3)4/h5-9,12-14,19H,10-11H2,1-4H3,(H,23,27). The second-order valence-electron chi connectivity index (χ2n) is 8.18. The monoisotopic (exact) mass is 426 g/mol. The molecule has 2 aromatic heterocycles. The molecule has 0 aliphatic carbocycles. The van der Waals surface area contributed by atoms with Crippen LogP contribution in [0.1, 0.15) is 54.2 Å². The smallest absolute Gasteiger partial charge is 0.276 e. The minimum Gasteiger partial charge on any atom is -0.467 e. The summed E-state index contributed by atoms with van der Waals surface area (Å²) in [6.07, 6.45) is 2.09. The summed E-state index contributed by atoms with van der Waals surface area (Å²) in [7, 11) is 0. The van der Waals surface area contributed by atoms with E-state index in [1.165, 1.54) is 11.2 Å². The van der Waals surface area contributed by atoms with Crippen LogP contribution in [0.25, 0.3) is 0 Å². The highest BCUT2D eigenvalue weighted by atomic mass is 32.1. The first-order chi connectivity index (χ1) is 14.2. The van der Waals surface area contributed by atoms with E-state index in [4.69, 9.17) is 4.42 Å². The van der Waals surface area contributed by atoms with Crippen molar-refractivity contribution in [3.05, 3.63) is 70.6 Å². The molecule has 30 heavy (non-hydrogen) atoms. The number of aromatic nitrogens is 2. The summed E-state index contributed by atoms with van der Waals surface area (Å²) in [5.41, 5.74) is 1.97. The van der Waals surface area contributed by atoms with Crippen molar-refractivity contribution in [2.45, 2.75) is 45.7 Å². The Hall–Kier alpha value is -3.00. The van der Waals surface area contributed by atoms with Gasteiger partial charge in [0.2, 0.25) is 0 Å². The van der Waals surface area contributed by atoms with Crippen molar-refractivity contribution >= 4 is 23.3 Å². The molecular formula is C22H26N4O3S. The molecule has 2 heterocycles. The molecule has 1 N–H and O–H groups in total. The minimum absolute atomic E-state index is 0.212. The van der Waals surface area contributed by atoms with Gasteiger partial charge in [-0.05, 0) is 63.3 Å². The first kappa shape index (κ1) is 21.7. The number of rotatable bonds is 7. The van der Waals surface area contributed by atoms with E-state index in [0.29, 0.717) is 18.7 Å². The van der Waals surface area contributed by atoms with Crippen molar-refractivity contribution in [2.75, 3.05) is 6.54 Å². The molecule has 0 fully saturated rings. The molecule has 2 amide bonds. The van der Waals surface area contributed by atoms with Crippen molar-refractivity contribution in [2.24, 2.45) is 0 Å². The molecule has 3 rings (SSSR count). The average molecular weight is 427 g/mol. The third-order valence-electron chi connectivity index (χ3n) is 4.43. The van der Waals surface area contributed by atoms with Gasteiger partial charge >= 0.3 is 0 Å². The fourth-order valence-electron chi connectivity index (χ4n) is 3.18. The lowest BCUT2D eigenvalue weighted by atomic mass is 10.0. The van der Waals surface area contributed by atoms with Crippen LogP contribution in [0, 0.1) is 6.92 Å². The number of furan rings is 1. The zero-order valence-electron chi connectivity index (χ0n) is 17.6. The molecule has 1 unspecified atom stereocenters. The second kappa shape index (κ2) is 9.21. The summed E-state index contributed by atoms with van der Waals surface area (Å²) in [4.78, 5) is 28.1. The van der Waals surface area contributed by atoms with E-state index in [-0.39, 0.29) is 17.5 Å². The van der Waals surface area contributed by atoms with Gasteiger partial charge in [0, 0.05) is 17.5 Å². The van der Waals surface area contributed by atoms with Crippen LogP contribution in [0.2, 0.25) is 0 Å². The van der Waals surface area contributed by atoms with Gasteiger partial charge in [-0.15, -0.1) is 5.10 Å². The number of nitrogens with zero attached hydrogens (tertiary/aromatic N) is 3. The predicted octanol–water partition coefficient (Wildman–Crippen LogP) is 3.78. The number of hydrogen-bond donors (Lipinski definition) is 1. The fourth-order valence-corrected chi connectivity index (χ4v) is 3.61. The van der Waals surface area contributed by atoms with Crippen molar-refractivity contribution in [3.8, 4) is 0 Å². The number of benzene rings is 1. The highest BCUT2D eigenvalue weighted by Crippen LogP contribution is 2.25. The van der Waals surface area contributed by atoms with Gasteiger partial charge in [-0.25, -0.2) is 0 Å². The first-order valence-corrected chi connectivity index (χ1v) is 10.6. The Labute approximate surface area is 180 Å². The molecule has 0 saturated carbocycles. The molecule has 0 aliphatic rings. The van der Waals surface area contributed by atoms with Crippen molar-refractivity contribution in [1.82, 2.24) is 19.8 Å². The van der Waals surface area contributed by atoms with E-state index in [9.17, 15) is 9.59 Å². The third-order valence-corrected chi connectivity index (χ3v) is 4.94. The maximum atomic E-state index is 13.3. The van der Waals surface area contributed by atoms with Crippen molar-refractivity contribution in [1.29, 1.82) is 0 Å². The first-order valence-electron chi connectivity index (χ1n) is 9.73. The lowest BCUT2D eigenvalue weighted by molar-refractivity contribution is -0.128. The van der Waals surface area contributed by atoms with E-state index in [1.54, 1.807) is 17.5 Å². The lowest BCUT2D eigenvalue weighted by Gasteiger charge is -2.32. The summed E-state index contributed by atoms with van der Waals surface area (Å²) in [5.74, 6) is -0.266. The third kappa shape index (κ3) is 5.54. The number of aryl methyl sites for hydroxylation is 1. The number of nitrogens with one attached hydrogen (secondary N) is 1. The number of hydrogen-bond acceptors (Lipinski definition) is 6.